The third-order valence-corrected chi connectivity index (χ3v) is 4.91. The van der Waals surface area contributed by atoms with Gasteiger partial charge in [0.25, 0.3) is 0 Å². The van der Waals surface area contributed by atoms with Crippen molar-refractivity contribution in [1.29, 1.82) is 0 Å². The summed E-state index contributed by atoms with van der Waals surface area (Å²) in [6.07, 6.45) is 6.43. The molecule has 1 saturated carbocycles. The van der Waals surface area contributed by atoms with Crippen molar-refractivity contribution in [1.82, 2.24) is 10.2 Å². The molecule has 0 aromatic rings. The average Bonchev–Trinajstić information content (AvgIpc) is 2.98. The Morgan fingerprint density at radius 3 is 2.72 bits per heavy atom. The quantitative estimate of drug-likeness (QED) is 0.729. The third kappa shape index (κ3) is 3.06. The fraction of sp³-hybridized carbons (Fsp3) is 1.00. The van der Waals surface area contributed by atoms with Crippen LogP contribution in [0, 0.1) is 5.92 Å². The second kappa shape index (κ2) is 5.89. The number of rotatable bonds is 7. The zero-order valence-electron chi connectivity index (χ0n) is 12.3. The van der Waals surface area contributed by atoms with Crippen LogP contribution < -0.4 is 5.32 Å². The van der Waals surface area contributed by atoms with Crippen LogP contribution in [-0.4, -0.2) is 47.3 Å². The fourth-order valence-electron chi connectivity index (χ4n) is 3.89. The molecule has 1 saturated heterocycles. The lowest BCUT2D eigenvalue weighted by atomic mass is 9.92. The SMILES string of the molecule is CCCNC(C)(CO)CC(C)N1CC2CCC1C2. The summed E-state index contributed by atoms with van der Waals surface area (Å²) < 4.78 is 0. The van der Waals surface area contributed by atoms with Gasteiger partial charge in [0, 0.05) is 24.2 Å². The topological polar surface area (TPSA) is 35.5 Å². The Morgan fingerprint density at radius 2 is 2.22 bits per heavy atom. The average molecular weight is 254 g/mol. The maximum Gasteiger partial charge on any atom is 0.0611 e. The number of piperidine rings is 1. The number of nitrogens with zero attached hydrogens (tertiary/aromatic N) is 1. The predicted molar refractivity (Wildman–Crippen MR) is 75.7 cm³/mol. The molecule has 0 amide bonds. The Labute approximate surface area is 112 Å². The summed E-state index contributed by atoms with van der Waals surface area (Å²) >= 11 is 0. The first kappa shape index (κ1) is 14.3. The summed E-state index contributed by atoms with van der Waals surface area (Å²) in [7, 11) is 0. The van der Waals surface area contributed by atoms with E-state index in [-0.39, 0.29) is 12.1 Å². The molecule has 106 valence electrons. The molecule has 1 aliphatic carbocycles. The van der Waals surface area contributed by atoms with Gasteiger partial charge >= 0.3 is 0 Å². The number of likely N-dealkylation sites (tertiary alicyclic amines) is 1. The number of nitrogens with one attached hydrogen (secondary N) is 1. The number of fused-ring (bicyclic) bond motifs is 2. The lowest BCUT2D eigenvalue weighted by Gasteiger charge is -2.38. The monoisotopic (exact) mass is 254 g/mol. The van der Waals surface area contributed by atoms with Crippen molar-refractivity contribution in [2.75, 3.05) is 19.7 Å². The highest BCUT2D eigenvalue weighted by atomic mass is 16.3. The Balaban J connectivity index is 1.87. The van der Waals surface area contributed by atoms with Crippen LogP contribution in [0.5, 0.6) is 0 Å². The summed E-state index contributed by atoms with van der Waals surface area (Å²) in [5.74, 6) is 0.960. The lowest BCUT2D eigenvalue weighted by Crippen LogP contribution is -2.52. The van der Waals surface area contributed by atoms with E-state index in [0.29, 0.717) is 6.04 Å². The summed E-state index contributed by atoms with van der Waals surface area (Å²) in [5.41, 5.74) is -0.114. The van der Waals surface area contributed by atoms with E-state index in [1.165, 1.54) is 25.8 Å². The van der Waals surface area contributed by atoms with Gasteiger partial charge in [-0.05, 0) is 58.4 Å². The van der Waals surface area contributed by atoms with E-state index in [9.17, 15) is 5.11 Å². The summed E-state index contributed by atoms with van der Waals surface area (Å²) in [4.78, 5) is 2.69. The summed E-state index contributed by atoms with van der Waals surface area (Å²) in [5, 5.41) is 13.2. The molecule has 0 spiro atoms. The maximum absolute atomic E-state index is 9.65. The van der Waals surface area contributed by atoms with Crippen LogP contribution in [0.4, 0.5) is 0 Å². The van der Waals surface area contributed by atoms with E-state index < -0.39 is 0 Å². The zero-order chi connectivity index (χ0) is 13.2. The lowest BCUT2D eigenvalue weighted by molar-refractivity contribution is 0.0959. The number of hydrogen-bond acceptors (Lipinski definition) is 3. The minimum Gasteiger partial charge on any atom is -0.394 e. The van der Waals surface area contributed by atoms with Gasteiger partial charge in [-0.15, -0.1) is 0 Å². The Hall–Kier alpha value is -0.120. The van der Waals surface area contributed by atoms with Crippen LogP contribution in [-0.2, 0) is 0 Å². The standard InChI is InChI=1S/C15H30N2O/c1-4-7-16-15(3,11-18)9-12(2)17-10-13-5-6-14(17)8-13/h12-14,16,18H,4-11H2,1-3H3. The molecule has 2 N–H and O–H groups in total. The Morgan fingerprint density at radius 1 is 1.44 bits per heavy atom. The van der Waals surface area contributed by atoms with Crippen molar-refractivity contribution in [3.05, 3.63) is 0 Å². The van der Waals surface area contributed by atoms with Crippen molar-refractivity contribution in [3.8, 4) is 0 Å². The summed E-state index contributed by atoms with van der Waals surface area (Å²) in [6, 6.07) is 1.42. The van der Waals surface area contributed by atoms with E-state index in [4.69, 9.17) is 0 Å². The summed E-state index contributed by atoms with van der Waals surface area (Å²) in [6.45, 7) is 9.19. The number of hydrogen-bond donors (Lipinski definition) is 2. The molecule has 0 radical (unpaired) electrons. The molecule has 2 fully saturated rings. The normalized spacial score (nSPS) is 32.7. The molecule has 2 bridgehead atoms. The second-order valence-electron chi connectivity index (χ2n) is 6.73. The van der Waals surface area contributed by atoms with Gasteiger partial charge in [-0.3, -0.25) is 4.90 Å². The van der Waals surface area contributed by atoms with Gasteiger partial charge in [-0.1, -0.05) is 6.92 Å². The van der Waals surface area contributed by atoms with Gasteiger partial charge in [0.1, 0.15) is 0 Å². The van der Waals surface area contributed by atoms with E-state index in [1.807, 2.05) is 0 Å². The minimum atomic E-state index is -0.114. The third-order valence-electron chi connectivity index (χ3n) is 4.91. The van der Waals surface area contributed by atoms with Crippen molar-refractivity contribution >= 4 is 0 Å². The zero-order valence-corrected chi connectivity index (χ0v) is 12.3. The minimum absolute atomic E-state index is 0.114. The molecule has 18 heavy (non-hydrogen) atoms. The second-order valence-corrected chi connectivity index (χ2v) is 6.73. The van der Waals surface area contributed by atoms with Crippen molar-refractivity contribution in [3.63, 3.8) is 0 Å². The van der Waals surface area contributed by atoms with Gasteiger partial charge in [-0.25, -0.2) is 0 Å². The molecule has 2 aliphatic rings. The van der Waals surface area contributed by atoms with Crippen LogP contribution in [0.25, 0.3) is 0 Å². The van der Waals surface area contributed by atoms with Crippen molar-refractivity contribution in [2.24, 2.45) is 5.92 Å². The first-order valence-electron chi connectivity index (χ1n) is 7.69. The molecule has 4 unspecified atom stereocenters. The Bertz CT molecular complexity index is 271. The van der Waals surface area contributed by atoms with Gasteiger partial charge < -0.3 is 10.4 Å². The van der Waals surface area contributed by atoms with E-state index in [1.54, 1.807) is 0 Å². The fourth-order valence-corrected chi connectivity index (χ4v) is 3.89. The van der Waals surface area contributed by atoms with Crippen LogP contribution in [0.2, 0.25) is 0 Å². The molecule has 0 aromatic carbocycles. The van der Waals surface area contributed by atoms with Gasteiger partial charge in [0.2, 0.25) is 0 Å². The van der Waals surface area contributed by atoms with E-state index >= 15 is 0 Å². The largest absolute Gasteiger partial charge is 0.394 e. The highest BCUT2D eigenvalue weighted by Crippen LogP contribution is 2.39. The predicted octanol–water partition coefficient (Wildman–Crippen LogP) is 2.00. The van der Waals surface area contributed by atoms with Crippen molar-refractivity contribution < 1.29 is 5.11 Å². The molecule has 2 rings (SSSR count). The smallest absolute Gasteiger partial charge is 0.0611 e. The highest BCUT2D eigenvalue weighted by molar-refractivity contribution is 4.96. The highest BCUT2D eigenvalue weighted by Gasteiger charge is 2.41. The molecule has 1 heterocycles. The molecule has 4 atom stereocenters. The number of aliphatic hydroxyl groups is 1. The van der Waals surface area contributed by atoms with Crippen LogP contribution in [0.15, 0.2) is 0 Å². The van der Waals surface area contributed by atoms with Crippen molar-refractivity contribution in [2.45, 2.75) is 70.5 Å². The molecule has 3 heteroatoms. The van der Waals surface area contributed by atoms with Crippen LogP contribution >= 0.6 is 0 Å². The van der Waals surface area contributed by atoms with Gasteiger partial charge in [0.05, 0.1) is 6.61 Å². The molecular weight excluding hydrogens is 224 g/mol. The maximum atomic E-state index is 9.65. The van der Waals surface area contributed by atoms with Crippen LogP contribution in [0.3, 0.4) is 0 Å². The van der Waals surface area contributed by atoms with Crippen LogP contribution in [0.1, 0.15) is 52.9 Å². The van der Waals surface area contributed by atoms with Gasteiger partial charge in [-0.2, -0.15) is 0 Å². The molecule has 1 aliphatic heterocycles. The van der Waals surface area contributed by atoms with E-state index in [0.717, 1.165) is 31.3 Å². The van der Waals surface area contributed by atoms with Gasteiger partial charge in [0.15, 0.2) is 0 Å². The molecular formula is C15H30N2O. The molecule has 0 aromatic heterocycles. The molecule has 3 nitrogen and oxygen atoms in total. The number of aliphatic hydroxyl groups excluding tert-OH is 1. The van der Waals surface area contributed by atoms with E-state index in [2.05, 4.69) is 31.0 Å². The first-order valence-corrected chi connectivity index (χ1v) is 7.69. The first-order chi connectivity index (χ1) is 8.58. The Kier molecular flexibility index (Phi) is 4.68.